The van der Waals surface area contributed by atoms with Gasteiger partial charge >= 0.3 is 0 Å². The van der Waals surface area contributed by atoms with Crippen molar-refractivity contribution < 1.29 is 8.83 Å². The van der Waals surface area contributed by atoms with E-state index in [0.717, 1.165) is 111 Å². The van der Waals surface area contributed by atoms with E-state index < -0.39 is 10.8 Å². The molecular weight excluding hydrogens is 1430 g/mol. The van der Waals surface area contributed by atoms with E-state index in [2.05, 4.69) is 285 Å². The van der Waals surface area contributed by atoms with Crippen LogP contribution in [0, 0.1) is 0 Å². The van der Waals surface area contributed by atoms with Gasteiger partial charge in [-0.1, -0.05) is 303 Å². The molecule has 8 nitrogen and oxygen atoms in total. The topological polar surface area (TPSA) is 104 Å². The minimum absolute atomic E-state index is 0.466. The maximum absolute atomic E-state index is 6.85. The van der Waals surface area contributed by atoms with Gasteiger partial charge in [0.15, 0.2) is 34.9 Å². The highest BCUT2D eigenvalue weighted by atomic mass is 32.2. The number of rotatable bonds is 9. The van der Waals surface area contributed by atoms with Crippen LogP contribution in [-0.4, -0.2) is 29.9 Å². The second kappa shape index (κ2) is 25.2. The Bertz CT molecular complexity index is 7290. The summed E-state index contributed by atoms with van der Waals surface area (Å²) in [6, 6.07) is 131. The van der Waals surface area contributed by atoms with E-state index in [1.807, 2.05) is 102 Å². The first-order chi connectivity index (χ1) is 56.5. The summed E-state index contributed by atoms with van der Waals surface area (Å²) in [5.74, 6) is 3.51. The molecule has 24 rings (SSSR count). The van der Waals surface area contributed by atoms with Crippen LogP contribution in [0.3, 0.4) is 0 Å². The fourth-order valence-electron chi connectivity index (χ4n) is 18.9. The van der Waals surface area contributed by atoms with E-state index in [1.165, 1.54) is 86.3 Å². The number of nitrogens with zero attached hydrogens (tertiary/aromatic N) is 6. The van der Waals surface area contributed by atoms with Gasteiger partial charge in [0.1, 0.15) is 22.3 Å². The number of hydrogen-bond donors (Lipinski definition) is 0. The monoisotopic (exact) mass is 1490 g/mol. The van der Waals surface area contributed by atoms with Crippen molar-refractivity contribution in [3.63, 3.8) is 0 Å². The standard InChI is InChI=1S/C104H60N6O2S2/c1-4-23-62(24-5-1)97-105-98(63-25-6-2-7-26-63)108-101(107-97)69-52-56-87-77(59-69)96-73(32-22-40-89(96)112-87)72-31-20-38-84-94(72)74-53-49-66(60-85(74)104(84)82-36-14-18-43-92(82)114-93-44-19-15-37-83(93)104)61-45-47-65(48-46-61)100-106-99(64-27-8-3-9-28-64)109-102(110-100)68-51-55-86-76(58-68)95-70(30-21-39-88(95)111-86)67-50-54-79-75(57-67)71-29-10-11-33-78(71)103(79)80-34-12-16-41-90(80)113-91-42-17-13-35-81(91)103/h1-60H. The quantitative estimate of drug-likeness (QED) is 0.139. The molecule has 10 heteroatoms. The van der Waals surface area contributed by atoms with E-state index in [-0.39, 0.29) is 0 Å². The molecule has 0 atom stereocenters. The van der Waals surface area contributed by atoms with E-state index in [1.54, 1.807) is 0 Å². The van der Waals surface area contributed by atoms with Crippen molar-refractivity contribution in [1.82, 2.24) is 29.9 Å². The molecule has 0 unspecified atom stereocenters. The van der Waals surface area contributed by atoms with Crippen LogP contribution in [0.4, 0.5) is 0 Å². The fraction of sp³-hybridized carbons (Fsp3) is 0.0192. The third-order valence-electron chi connectivity index (χ3n) is 23.8. The predicted octanol–water partition coefficient (Wildman–Crippen LogP) is 26.5. The van der Waals surface area contributed by atoms with Crippen molar-refractivity contribution in [2.45, 2.75) is 30.4 Å². The van der Waals surface area contributed by atoms with Crippen molar-refractivity contribution in [1.29, 1.82) is 0 Å². The second-order valence-corrected chi connectivity index (χ2v) is 31.9. The molecule has 2 aliphatic heterocycles. The third kappa shape index (κ3) is 9.62. The molecule has 0 saturated heterocycles. The largest absolute Gasteiger partial charge is 0.456 e. The SMILES string of the molecule is c1ccc(-c2nc(-c3ccc(-c4ccc5c(c4)C4(c6ccccc6Sc6ccccc64)c4cccc(-c6cccc7oc8ccc(-c9nc(-c%10ccccc%10)nc(-c%10ccccc%10)n9)cc8c67)c4-5)cc3)nc(-c3ccc4oc5cccc(-c6ccc7c(c6)-c6ccccc6C76c7ccccc7Sc7ccccc76)c5c4c3)n2)cc1. The molecule has 0 fully saturated rings. The number of benzene rings is 16. The maximum atomic E-state index is 6.85. The molecule has 4 aliphatic rings. The predicted molar refractivity (Wildman–Crippen MR) is 460 cm³/mol. The zero-order valence-corrected chi connectivity index (χ0v) is 62.6. The van der Waals surface area contributed by atoms with Crippen molar-refractivity contribution in [2.24, 2.45) is 0 Å². The molecule has 2 spiro atoms. The minimum atomic E-state index is -0.684. The Hall–Kier alpha value is -14.2. The lowest BCUT2D eigenvalue weighted by Gasteiger charge is -2.39. The lowest BCUT2D eigenvalue weighted by atomic mass is 9.67. The van der Waals surface area contributed by atoms with Crippen LogP contribution in [0.2, 0.25) is 0 Å². The average molecular weight is 1490 g/mol. The molecular formula is C104H60N6O2S2. The molecule has 0 radical (unpaired) electrons. The smallest absolute Gasteiger partial charge is 0.164 e. The van der Waals surface area contributed by atoms with Crippen LogP contribution in [0.25, 0.3) is 168 Å². The molecule has 114 heavy (non-hydrogen) atoms. The van der Waals surface area contributed by atoms with Crippen LogP contribution >= 0.6 is 23.5 Å². The third-order valence-corrected chi connectivity index (χ3v) is 26.1. The van der Waals surface area contributed by atoms with Crippen molar-refractivity contribution in [3.05, 3.63) is 408 Å². The molecule has 530 valence electrons. The second-order valence-electron chi connectivity index (χ2n) is 29.8. The highest BCUT2D eigenvalue weighted by Gasteiger charge is 2.52. The van der Waals surface area contributed by atoms with Crippen LogP contribution in [0.5, 0.6) is 0 Å². The molecule has 2 aliphatic carbocycles. The molecule has 0 amide bonds. The minimum Gasteiger partial charge on any atom is -0.456 e. The van der Waals surface area contributed by atoms with Gasteiger partial charge in [-0.2, -0.15) is 0 Å². The normalized spacial score (nSPS) is 13.5. The molecule has 20 aromatic rings. The zero-order valence-electron chi connectivity index (χ0n) is 61.0. The summed E-state index contributed by atoms with van der Waals surface area (Å²) in [6.45, 7) is 0. The zero-order chi connectivity index (χ0) is 74.7. The van der Waals surface area contributed by atoms with Crippen molar-refractivity contribution in [2.75, 3.05) is 0 Å². The first kappa shape index (κ1) is 64.6. The molecule has 16 aromatic carbocycles. The van der Waals surface area contributed by atoms with Gasteiger partial charge in [0.2, 0.25) is 0 Å². The van der Waals surface area contributed by atoms with Crippen molar-refractivity contribution in [3.8, 4) is 124 Å². The molecule has 0 saturated carbocycles. The van der Waals surface area contributed by atoms with Gasteiger partial charge in [0.05, 0.1) is 10.8 Å². The number of hydrogen-bond acceptors (Lipinski definition) is 10. The maximum Gasteiger partial charge on any atom is 0.164 e. The van der Waals surface area contributed by atoms with E-state index in [4.69, 9.17) is 38.7 Å². The Morgan fingerprint density at radius 2 is 0.553 bits per heavy atom. The van der Waals surface area contributed by atoms with Crippen LogP contribution in [-0.2, 0) is 10.8 Å². The fourth-order valence-corrected chi connectivity index (χ4v) is 21.3. The lowest BCUT2D eigenvalue weighted by Crippen LogP contribution is -2.32. The summed E-state index contributed by atoms with van der Waals surface area (Å²) in [5.41, 5.74) is 29.0. The van der Waals surface area contributed by atoms with Crippen LogP contribution in [0.1, 0.15) is 44.5 Å². The van der Waals surface area contributed by atoms with Gasteiger partial charge in [-0.15, -0.1) is 0 Å². The van der Waals surface area contributed by atoms with E-state index >= 15 is 0 Å². The summed E-state index contributed by atoms with van der Waals surface area (Å²) in [4.78, 5) is 36.4. The summed E-state index contributed by atoms with van der Waals surface area (Å²) in [5, 5.41) is 4.02. The number of fused-ring (bicyclic) bond motifs is 24. The van der Waals surface area contributed by atoms with Gasteiger partial charge in [-0.25, -0.2) is 29.9 Å². The van der Waals surface area contributed by atoms with Gasteiger partial charge in [-0.3, -0.25) is 0 Å². The summed E-state index contributed by atoms with van der Waals surface area (Å²) >= 11 is 3.72. The van der Waals surface area contributed by atoms with E-state index in [9.17, 15) is 0 Å². The van der Waals surface area contributed by atoms with Gasteiger partial charge in [0.25, 0.3) is 0 Å². The van der Waals surface area contributed by atoms with Crippen molar-refractivity contribution >= 4 is 67.4 Å². The lowest BCUT2D eigenvalue weighted by molar-refractivity contribution is 0.668. The Kier molecular flexibility index (Phi) is 14.3. The summed E-state index contributed by atoms with van der Waals surface area (Å²) in [6.07, 6.45) is 0. The number of furan rings is 2. The van der Waals surface area contributed by atoms with Crippen LogP contribution in [0.15, 0.2) is 392 Å². The Morgan fingerprint density at radius 1 is 0.193 bits per heavy atom. The van der Waals surface area contributed by atoms with Gasteiger partial charge in [-0.05, 0) is 185 Å². The Labute approximate surface area is 664 Å². The first-order valence-corrected chi connectivity index (χ1v) is 40.1. The average Bonchev–Trinajstić information content (AvgIpc) is 1.50. The Balaban J connectivity index is 0.621. The highest BCUT2D eigenvalue weighted by Crippen LogP contribution is 2.66. The summed E-state index contributed by atoms with van der Waals surface area (Å²) < 4.78 is 13.6. The summed E-state index contributed by atoms with van der Waals surface area (Å²) in [7, 11) is 0. The molecule has 0 bridgehead atoms. The highest BCUT2D eigenvalue weighted by molar-refractivity contribution is 7.99. The number of aromatic nitrogens is 6. The molecule has 0 N–H and O–H groups in total. The molecule has 4 aromatic heterocycles. The Morgan fingerprint density at radius 3 is 1.07 bits per heavy atom. The molecule has 6 heterocycles. The van der Waals surface area contributed by atoms with Gasteiger partial charge in [0, 0.05) is 74.5 Å². The van der Waals surface area contributed by atoms with E-state index in [0.29, 0.717) is 34.9 Å². The van der Waals surface area contributed by atoms with Gasteiger partial charge < -0.3 is 8.83 Å². The first-order valence-electron chi connectivity index (χ1n) is 38.4. The van der Waals surface area contributed by atoms with Crippen LogP contribution < -0.4 is 0 Å².